The van der Waals surface area contributed by atoms with Gasteiger partial charge in [-0.3, -0.25) is 0 Å². The number of benzene rings is 6. The molecule has 6 aromatic carbocycles. The van der Waals surface area contributed by atoms with E-state index in [4.69, 9.17) is 0 Å². The summed E-state index contributed by atoms with van der Waals surface area (Å²) in [5.74, 6) is 0. The Balaban J connectivity index is 1.27. The van der Waals surface area contributed by atoms with Crippen LogP contribution in [0.2, 0.25) is 0 Å². The highest BCUT2D eigenvalue weighted by atomic mass is 15.1. The van der Waals surface area contributed by atoms with Crippen LogP contribution in [0.1, 0.15) is 75.3 Å². The summed E-state index contributed by atoms with van der Waals surface area (Å²) in [6, 6.07) is 52.3. The van der Waals surface area contributed by atoms with Gasteiger partial charge in [0, 0.05) is 17.1 Å². The molecule has 0 saturated heterocycles. The van der Waals surface area contributed by atoms with E-state index in [2.05, 4.69) is 157 Å². The van der Waals surface area contributed by atoms with Gasteiger partial charge in [-0.05, 0) is 141 Å². The Morgan fingerprint density at radius 3 is 1.04 bits per heavy atom. The van der Waals surface area contributed by atoms with E-state index < -0.39 is 0 Å². The molecular formula is C50H45N. The van der Waals surface area contributed by atoms with Crippen LogP contribution in [0, 0.1) is 41.7 Å². The lowest BCUT2D eigenvalue weighted by molar-refractivity contribution is 0.602. The van der Waals surface area contributed by atoms with Gasteiger partial charge in [-0.1, -0.05) is 139 Å². The minimum absolute atomic E-state index is 1.16. The SMILES string of the molecule is C(=C1CCCCC1)c1ccc(N(c2ccc(C=C3CCCCC3)cc2)c2ccc3c(c2)=c2ccccc2=c2ccccc2=c2ccccc2=3)cc1. The van der Waals surface area contributed by atoms with Gasteiger partial charge in [-0.2, -0.15) is 0 Å². The highest BCUT2D eigenvalue weighted by Gasteiger charge is 2.15. The highest BCUT2D eigenvalue weighted by Crippen LogP contribution is 2.36. The van der Waals surface area contributed by atoms with Crippen LogP contribution in [-0.4, -0.2) is 0 Å². The van der Waals surface area contributed by atoms with Crippen LogP contribution in [-0.2, 0) is 0 Å². The molecule has 0 aliphatic heterocycles. The molecule has 1 heteroatoms. The molecule has 0 heterocycles. The predicted molar refractivity (Wildman–Crippen MR) is 213 cm³/mol. The molecule has 0 spiro atoms. The van der Waals surface area contributed by atoms with Crippen molar-refractivity contribution in [1.29, 1.82) is 0 Å². The summed E-state index contributed by atoms with van der Waals surface area (Å²) in [6.07, 6.45) is 17.8. The second-order valence-corrected chi connectivity index (χ2v) is 14.6. The summed E-state index contributed by atoms with van der Waals surface area (Å²) in [4.78, 5) is 2.44. The first-order valence-electron chi connectivity index (χ1n) is 19.1. The fraction of sp³-hybridized carbons (Fsp3) is 0.200. The van der Waals surface area contributed by atoms with Crippen LogP contribution in [0.25, 0.3) is 12.2 Å². The van der Waals surface area contributed by atoms with E-state index >= 15 is 0 Å². The standard InChI is InChI=1S/C50H45N/c1-3-13-36(14-4-1)33-38-23-27-40(28-24-38)51(41-29-25-39(26-30-41)34-37-15-5-2-6-16-37)42-31-32-49-47-21-10-9-19-45(47)43-17-7-8-18-44(43)46-20-11-12-22-48(46)50(49)35-42/h7-12,17-35H,1-6,13-16H2. The van der Waals surface area contributed by atoms with Crippen molar-refractivity contribution in [2.24, 2.45) is 0 Å². The topological polar surface area (TPSA) is 3.24 Å². The molecule has 6 aromatic rings. The van der Waals surface area contributed by atoms with Crippen LogP contribution >= 0.6 is 0 Å². The van der Waals surface area contributed by atoms with Crippen LogP contribution in [0.15, 0.2) is 151 Å². The molecule has 0 radical (unpaired) electrons. The number of nitrogens with zero attached hydrogens (tertiary/aromatic N) is 1. The van der Waals surface area contributed by atoms with Crippen molar-refractivity contribution in [3.05, 3.63) is 204 Å². The zero-order chi connectivity index (χ0) is 34.0. The average molecular weight is 660 g/mol. The molecule has 1 nitrogen and oxygen atoms in total. The smallest absolute Gasteiger partial charge is 0.0468 e. The molecule has 250 valence electrons. The molecule has 9 rings (SSSR count). The third kappa shape index (κ3) is 6.38. The van der Waals surface area contributed by atoms with E-state index in [0.29, 0.717) is 0 Å². The van der Waals surface area contributed by atoms with Crippen LogP contribution in [0.5, 0.6) is 0 Å². The lowest BCUT2D eigenvalue weighted by Crippen LogP contribution is -2.10. The van der Waals surface area contributed by atoms with E-state index in [9.17, 15) is 0 Å². The number of fused-ring (bicyclic) bond motifs is 4. The molecule has 0 bridgehead atoms. The zero-order valence-electron chi connectivity index (χ0n) is 29.5. The summed E-state index contributed by atoms with van der Waals surface area (Å²) in [5.41, 5.74) is 9.28. The zero-order valence-corrected chi connectivity index (χ0v) is 29.5. The quantitative estimate of drug-likeness (QED) is 0.178. The van der Waals surface area contributed by atoms with E-state index in [1.807, 2.05) is 0 Å². The van der Waals surface area contributed by atoms with Crippen molar-refractivity contribution >= 4 is 29.2 Å². The van der Waals surface area contributed by atoms with E-state index in [1.165, 1.54) is 128 Å². The Morgan fingerprint density at radius 1 is 0.314 bits per heavy atom. The number of hydrogen-bond donors (Lipinski definition) is 0. The maximum absolute atomic E-state index is 2.44. The molecule has 51 heavy (non-hydrogen) atoms. The number of hydrogen-bond acceptors (Lipinski definition) is 1. The van der Waals surface area contributed by atoms with E-state index in [0.717, 1.165) is 5.69 Å². The van der Waals surface area contributed by atoms with Crippen molar-refractivity contribution in [1.82, 2.24) is 0 Å². The molecule has 0 amide bonds. The lowest BCUT2D eigenvalue weighted by atomic mass is 9.93. The number of rotatable bonds is 5. The van der Waals surface area contributed by atoms with Gasteiger partial charge in [-0.25, -0.2) is 0 Å². The molecule has 0 atom stereocenters. The Hall–Kier alpha value is -5.40. The molecule has 0 N–H and O–H groups in total. The first-order valence-corrected chi connectivity index (χ1v) is 19.1. The number of allylic oxidation sites excluding steroid dienone is 2. The Labute approximate surface area is 300 Å². The molecule has 3 aliphatic carbocycles. The van der Waals surface area contributed by atoms with Gasteiger partial charge in [-0.15, -0.1) is 0 Å². The fourth-order valence-electron chi connectivity index (χ4n) is 8.65. The molecule has 2 fully saturated rings. The van der Waals surface area contributed by atoms with Gasteiger partial charge in [0.2, 0.25) is 0 Å². The first kappa shape index (κ1) is 31.6. The molecular weight excluding hydrogens is 615 g/mol. The Bertz CT molecular complexity index is 2590. The van der Waals surface area contributed by atoms with Crippen molar-refractivity contribution in [2.75, 3.05) is 4.90 Å². The monoisotopic (exact) mass is 659 g/mol. The minimum atomic E-state index is 1.16. The second kappa shape index (κ2) is 14.1. The largest absolute Gasteiger partial charge is 0.310 e. The fourth-order valence-corrected chi connectivity index (χ4v) is 8.65. The lowest BCUT2D eigenvalue weighted by Gasteiger charge is -2.26. The minimum Gasteiger partial charge on any atom is -0.310 e. The predicted octanol–water partition coefficient (Wildman–Crippen LogP) is 13.3. The average Bonchev–Trinajstić information content (AvgIpc) is 3.20. The summed E-state index contributed by atoms with van der Waals surface area (Å²) in [7, 11) is 0. The third-order valence-electron chi connectivity index (χ3n) is 11.2. The summed E-state index contributed by atoms with van der Waals surface area (Å²) in [5, 5.41) is 10.2. The Kier molecular flexibility index (Phi) is 8.72. The van der Waals surface area contributed by atoms with E-state index in [-0.39, 0.29) is 0 Å². The van der Waals surface area contributed by atoms with Gasteiger partial charge in [0.25, 0.3) is 0 Å². The maximum Gasteiger partial charge on any atom is 0.0468 e. The van der Waals surface area contributed by atoms with Gasteiger partial charge in [0.1, 0.15) is 0 Å². The van der Waals surface area contributed by atoms with Crippen molar-refractivity contribution in [3.8, 4) is 0 Å². The number of anilines is 3. The van der Waals surface area contributed by atoms with Gasteiger partial charge in [0.15, 0.2) is 0 Å². The van der Waals surface area contributed by atoms with Gasteiger partial charge >= 0.3 is 0 Å². The van der Waals surface area contributed by atoms with Crippen molar-refractivity contribution in [2.45, 2.75) is 64.2 Å². The van der Waals surface area contributed by atoms with Crippen LogP contribution in [0.4, 0.5) is 17.1 Å². The normalized spacial score (nSPS) is 15.0. The summed E-state index contributed by atoms with van der Waals surface area (Å²) >= 11 is 0. The van der Waals surface area contributed by atoms with Gasteiger partial charge < -0.3 is 4.90 Å². The highest BCUT2D eigenvalue weighted by molar-refractivity contribution is 5.78. The molecule has 2 saturated carbocycles. The second-order valence-electron chi connectivity index (χ2n) is 14.6. The third-order valence-corrected chi connectivity index (χ3v) is 11.2. The van der Waals surface area contributed by atoms with Crippen LogP contribution in [0.3, 0.4) is 0 Å². The Morgan fingerprint density at radius 2 is 0.647 bits per heavy atom. The van der Waals surface area contributed by atoms with Crippen molar-refractivity contribution in [3.63, 3.8) is 0 Å². The maximum atomic E-state index is 2.44. The summed E-state index contributed by atoms with van der Waals surface area (Å²) in [6.45, 7) is 0. The van der Waals surface area contributed by atoms with Crippen LogP contribution < -0.4 is 4.90 Å². The molecule has 0 aromatic heterocycles. The molecule has 3 aliphatic rings. The van der Waals surface area contributed by atoms with Crippen molar-refractivity contribution < 1.29 is 0 Å². The molecule has 0 unspecified atom stereocenters. The van der Waals surface area contributed by atoms with E-state index in [1.54, 1.807) is 11.1 Å². The van der Waals surface area contributed by atoms with Gasteiger partial charge in [0.05, 0.1) is 0 Å². The summed E-state index contributed by atoms with van der Waals surface area (Å²) < 4.78 is 0. The first-order chi connectivity index (χ1) is 25.3.